The first kappa shape index (κ1) is 14.2. The number of carbonyl (C=O) groups is 2. The van der Waals surface area contributed by atoms with Crippen LogP contribution in [0.25, 0.3) is 0 Å². The van der Waals surface area contributed by atoms with Crippen LogP contribution in [0.3, 0.4) is 0 Å². The molecule has 1 rings (SSSR count). The highest BCUT2D eigenvalue weighted by atomic mass is 16.6. The molecular weight excluding hydrogens is 256 g/mol. The number of nitro groups is 1. The summed E-state index contributed by atoms with van der Waals surface area (Å²) >= 11 is 0. The lowest BCUT2D eigenvalue weighted by molar-refractivity contribution is -0.384. The van der Waals surface area contributed by atoms with Crippen LogP contribution in [-0.4, -0.2) is 27.0 Å². The maximum absolute atomic E-state index is 11.2. The number of hydrogen-bond acceptors (Lipinski definition) is 5. The number of amides is 1. The first-order valence-corrected chi connectivity index (χ1v) is 5.05. The average molecular weight is 266 g/mol. The van der Waals surface area contributed by atoms with Gasteiger partial charge in [0.25, 0.3) is 5.69 Å². The van der Waals surface area contributed by atoms with Gasteiger partial charge in [0, 0.05) is 18.7 Å². The number of hydrogen-bond donors (Lipinski definition) is 3. The van der Waals surface area contributed by atoms with Gasteiger partial charge in [-0.1, -0.05) is 12.1 Å². The Morgan fingerprint density at radius 1 is 1.26 bits per heavy atom. The number of aliphatic hydroxyl groups excluding tert-OH is 1. The lowest BCUT2D eigenvalue weighted by Gasteiger charge is -2.02. The Morgan fingerprint density at radius 2 is 1.84 bits per heavy atom. The van der Waals surface area contributed by atoms with Gasteiger partial charge >= 0.3 is 5.97 Å². The molecule has 0 saturated heterocycles. The van der Waals surface area contributed by atoms with E-state index in [0.29, 0.717) is 11.6 Å². The van der Waals surface area contributed by atoms with E-state index in [1.807, 2.05) is 0 Å². The van der Waals surface area contributed by atoms with Gasteiger partial charge in [0.15, 0.2) is 0 Å². The quantitative estimate of drug-likeness (QED) is 0.312. The van der Waals surface area contributed by atoms with Crippen molar-refractivity contribution in [2.24, 2.45) is 0 Å². The highest BCUT2D eigenvalue weighted by molar-refractivity contribution is 5.95. The summed E-state index contributed by atoms with van der Waals surface area (Å²) in [5, 5.41) is 29.9. The van der Waals surface area contributed by atoms with Crippen LogP contribution in [-0.2, 0) is 16.1 Å². The molecule has 1 amide bonds. The van der Waals surface area contributed by atoms with Gasteiger partial charge in [0.1, 0.15) is 0 Å². The summed E-state index contributed by atoms with van der Waals surface area (Å²) in [6.07, 6.45) is 0.535. The van der Waals surface area contributed by atoms with E-state index in [-0.39, 0.29) is 12.2 Å². The van der Waals surface area contributed by atoms with Crippen molar-refractivity contribution in [1.29, 1.82) is 0 Å². The SMILES string of the molecule is O=C(/C=C(\O)C(=O)O)NCc1ccc([N+](=O)[O-])cc1. The molecule has 8 heteroatoms. The maximum Gasteiger partial charge on any atom is 0.371 e. The molecule has 0 unspecified atom stereocenters. The maximum atomic E-state index is 11.2. The Hall–Kier alpha value is -2.90. The van der Waals surface area contributed by atoms with Gasteiger partial charge in [0.2, 0.25) is 11.7 Å². The molecule has 0 bridgehead atoms. The molecule has 0 aromatic heterocycles. The minimum absolute atomic E-state index is 0.0558. The number of nitro benzene ring substituents is 1. The monoisotopic (exact) mass is 266 g/mol. The molecule has 0 aliphatic heterocycles. The Kier molecular flexibility index (Phi) is 4.58. The molecule has 0 radical (unpaired) electrons. The zero-order chi connectivity index (χ0) is 14.4. The molecule has 1 aromatic carbocycles. The van der Waals surface area contributed by atoms with Crippen molar-refractivity contribution in [3.63, 3.8) is 0 Å². The van der Waals surface area contributed by atoms with Crippen LogP contribution in [0.15, 0.2) is 36.1 Å². The van der Waals surface area contributed by atoms with Crippen LogP contribution < -0.4 is 5.32 Å². The molecule has 0 atom stereocenters. The largest absolute Gasteiger partial charge is 0.502 e. The number of aliphatic hydroxyl groups is 1. The third kappa shape index (κ3) is 4.46. The molecule has 0 aliphatic carbocycles. The number of carboxylic acid groups (broad SMARTS) is 1. The number of aliphatic carboxylic acids is 1. The summed E-state index contributed by atoms with van der Waals surface area (Å²) in [6, 6.07) is 5.48. The smallest absolute Gasteiger partial charge is 0.371 e. The Morgan fingerprint density at radius 3 is 2.32 bits per heavy atom. The molecule has 0 spiro atoms. The number of carboxylic acids is 1. The number of nitrogens with one attached hydrogen (secondary N) is 1. The molecule has 0 aliphatic rings. The summed E-state index contributed by atoms with van der Waals surface area (Å²) in [4.78, 5) is 31.3. The van der Waals surface area contributed by atoms with Crippen molar-refractivity contribution in [3.8, 4) is 0 Å². The zero-order valence-corrected chi connectivity index (χ0v) is 9.57. The van der Waals surface area contributed by atoms with E-state index in [9.17, 15) is 19.7 Å². The van der Waals surface area contributed by atoms with Crippen molar-refractivity contribution in [1.82, 2.24) is 5.32 Å². The fourth-order valence-corrected chi connectivity index (χ4v) is 1.16. The van der Waals surface area contributed by atoms with Crippen LogP contribution in [0.2, 0.25) is 0 Å². The molecule has 0 heterocycles. The molecule has 8 nitrogen and oxygen atoms in total. The highest BCUT2D eigenvalue weighted by Crippen LogP contribution is 2.11. The number of carbonyl (C=O) groups excluding carboxylic acids is 1. The molecule has 3 N–H and O–H groups in total. The molecule has 0 fully saturated rings. The zero-order valence-electron chi connectivity index (χ0n) is 9.57. The molecular formula is C11H10N2O6. The van der Waals surface area contributed by atoms with Gasteiger partial charge < -0.3 is 15.5 Å². The second-order valence-electron chi connectivity index (χ2n) is 3.48. The second-order valence-corrected chi connectivity index (χ2v) is 3.48. The van der Waals surface area contributed by atoms with E-state index in [1.165, 1.54) is 24.3 Å². The van der Waals surface area contributed by atoms with Crippen molar-refractivity contribution in [2.75, 3.05) is 0 Å². The summed E-state index contributed by atoms with van der Waals surface area (Å²) in [5.74, 6) is -3.45. The van der Waals surface area contributed by atoms with Crippen molar-refractivity contribution >= 4 is 17.6 Å². The van der Waals surface area contributed by atoms with Crippen LogP contribution >= 0.6 is 0 Å². The van der Waals surface area contributed by atoms with Gasteiger partial charge in [0.05, 0.1) is 11.0 Å². The van der Waals surface area contributed by atoms with E-state index in [0.717, 1.165) is 0 Å². The lowest BCUT2D eigenvalue weighted by atomic mass is 10.2. The predicted octanol–water partition coefficient (Wildman–Crippen LogP) is 0.738. The summed E-state index contributed by atoms with van der Waals surface area (Å²) < 4.78 is 0. The number of benzene rings is 1. The Balaban J connectivity index is 2.58. The summed E-state index contributed by atoms with van der Waals surface area (Å²) in [7, 11) is 0. The van der Waals surface area contributed by atoms with E-state index in [4.69, 9.17) is 10.2 Å². The van der Waals surface area contributed by atoms with Crippen LogP contribution in [0, 0.1) is 10.1 Å². The Labute approximate surface area is 107 Å². The van der Waals surface area contributed by atoms with Gasteiger partial charge in [-0.05, 0) is 5.56 Å². The van der Waals surface area contributed by atoms with E-state index in [1.54, 1.807) is 0 Å². The van der Waals surface area contributed by atoms with Crippen molar-refractivity contribution in [2.45, 2.75) is 6.54 Å². The van der Waals surface area contributed by atoms with E-state index < -0.39 is 22.6 Å². The van der Waals surface area contributed by atoms with E-state index in [2.05, 4.69) is 5.32 Å². The third-order valence-corrected chi connectivity index (χ3v) is 2.10. The minimum Gasteiger partial charge on any atom is -0.502 e. The van der Waals surface area contributed by atoms with Gasteiger partial charge in [-0.3, -0.25) is 14.9 Å². The molecule has 19 heavy (non-hydrogen) atoms. The Bertz CT molecular complexity index is 535. The normalized spacial score (nSPS) is 10.8. The topological polar surface area (TPSA) is 130 Å². The third-order valence-electron chi connectivity index (χ3n) is 2.10. The van der Waals surface area contributed by atoms with Crippen LogP contribution in [0.1, 0.15) is 5.56 Å². The summed E-state index contributed by atoms with van der Waals surface area (Å²) in [5.41, 5.74) is 0.528. The fraction of sp³-hybridized carbons (Fsp3) is 0.0909. The predicted molar refractivity (Wildman–Crippen MR) is 63.3 cm³/mol. The molecule has 0 saturated carbocycles. The molecule has 1 aromatic rings. The van der Waals surface area contributed by atoms with Crippen molar-refractivity contribution < 1.29 is 24.7 Å². The first-order valence-electron chi connectivity index (χ1n) is 5.05. The number of rotatable bonds is 5. The lowest BCUT2D eigenvalue weighted by Crippen LogP contribution is -2.21. The highest BCUT2D eigenvalue weighted by Gasteiger charge is 2.08. The summed E-state index contributed by atoms with van der Waals surface area (Å²) in [6.45, 7) is 0.0558. The van der Waals surface area contributed by atoms with Gasteiger partial charge in [-0.15, -0.1) is 0 Å². The van der Waals surface area contributed by atoms with Gasteiger partial charge in [-0.25, -0.2) is 4.79 Å². The van der Waals surface area contributed by atoms with E-state index >= 15 is 0 Å². The fourth-order valence-electron chi connectivity index (χ4n) is 1.16. The standard InChI is InChI=1S/C11H10N2O6/c14-9(11(16)17)5-10(15)12-6-7-1-3-8(4-2-7)13(18)19/h1-5,14H,6H2,(H,12,15)(H,16,17)/b9-5-. The first-order chi connectivity index (χ1) is 8.90. The van der Waals surface area contributed by atoms with Crippen LogP contribution in [0.4, 0.5) is 5.69 Å². The van der Waals surface area contributed by atoms with Gasteiger partial charge in [-0.2, -0.15) is 0 Å². The van der Waals surface area contributed by atoms with Crippen molar-refractivity contribution in [3.05, 3.63) is 51.8 Å². The minimum atomic E-state index is -1.61. The number of non-ortho nitro benzene ring substituents is 1. The average Bonchev–Trinajstić information content (AvgIpc) is 2.36. The second kappa shape index (κ2) is 6.15. The molecule has 100 valence electrons. The number of nitrogens with zero attached hydrogens (tertiary/aromatic N) is 1. The van der Waals surface area contributed by atoms with Crippen LogP contribution in [0.5, 0.6) is 0 Å².